The minimum absolute atomic E-state index is 0.253. The van der Waals surface area contributed by atoms with Gasteiger partial charge in [-0.1, -0.05) is 27.7 Å². The van der Waals surface area contributed by atoms with Gasteiger partial charge in [0, 0.05) is 10.8 Å². The molecular formula is C13H20OS. The van der Waals surface area contributed by atoms with Gasteiger partial charge in [-0.25, -0.2) is 0 Å². The van der Waals surface area contributed by atoms with Crippen molar-refractivity contribution in [1.82, 2.24) is 0 Å². The van der Waals surface area contributed by atoms with E-state index in [1.54, 1.807) is 11.3 Å². The lowest BCUT2D eigenvalue weighted by atomic mass is 10.0. The van der Waals surface area contributed by atoms with Crippen LogP contribution in [0.15, 0.2) is 11.4 Å². The van der Waals surface area contributed by atoms with Gasteiger partial charge in [0.1, 0.15) is 0 Å². The van der Waals surface area contributed by atoms with Crippen LogP contribution in [0, 0.1) is 23.7 Å². The Morgan fingerprint density at radius 2 is 1.80 bits per heavy atom. The van der Waals surface area contributed by atoms with Crippen molar-refractivity contribution in [2.45, 2.75) is 40.7 Å². The number of hydrogen-bond donors (Lipinski definition) is 1. The molecule has 1 aliphatic carbocycles. The lowest BCUT2D eigenvalue weighted by Crippen LogP contribution is -2.04. The lowest BCUT2D eigenvalue weighted by molar-refractivity contribution is 0.134. The average Bonchev–Trinajstić information content (AvgIpc) is 2.48. The molecule has 1 unspecified atom stereocenters. The minimum Gasteiger partial charge on any atom is -0.387 e. The van der Waals surface area contributed by atoms with Crippen molar-refractivity contribution in [1.29, 1.82) is 0 Å². The SMILES string of the molecule is Cc1ccsc1C(O)C1C(C)(C)C1(C)C. The fourth-order valence-corrected chi connectivity index (χ4v) is 3.82. The number of aryl methyl sites for hydroxylation is 1. The summed E-state index contributed by atoms with van der Waals surface area (Å²) in [6.07, 6.45) is -0.282. The molecule has 0 amide bonds. The Hall–Kier alpha value is -0.340. The van der Waals surface area contributed by atoms with Crippen molar-refractivity contribution in [3.8, 4) is 0 Å². The summed E-state index contributed by atoms with van der Waals surface area (Å²) in [7, 11) is 0. The first-order chi connectivity index (χ1) is 6.80. The van der Waals surface area contributed by atoms with Gasteiger partial charge in [-0.15, -0.1) is 11.3 Å². The Morgan fingerprint density at radius 1 is 1.27 bits per heavy atom. The van der Waals surface area contributed by atoms with Gasteiger partial charge < -0.3 is 5.11 Å². The van der Waals surface area contributed by atoms with Crippen LogP contribution < -0.4 is 0 Å². The van der Waals surface area contributed by atoms with Gasteiger partial charge in [-0.05, 0) is 34.8 Å². The highest BCUT2D eigenvalue weighted by atomic mass is 32.1. The number of aliphatic hydroxyl groups excluding tert-OH is 1. The molecular weight excluding hydrogens is 204 g/mol. The maximum absolute atomic E-state index is 10.4. The maximum atomic E-state index is 10.4. The molecule has 0 spiro atoms. The molecule has 1 heterocycles. The second kappa shape index (κ2) is 3.08. The molecule has 0 bridgehead atoms. The van der Waals surface area contributed by atoms with E-state index in [0.717, 1.165) is 4.88 Å². The Bertz CT molecular complexity index is 362. The van der Waals surface area contributed by atoms with Crippen LogP contribution in [0.3, 0.4) is 0 Å². The summed E-state index contributed by atoms with van der Waals surface area (Å²) in [6, 6.07) is 2.09. The normalized spacial score (nSPS) is 25.2. The van der Waals surface area contributed by atoms with E-state index in [2.05, 4.69) is 46.1 Å². The van der Waals surface area contributed by atoms with Crippen molar-refractivity contribution >= 4 is 11.3 Å². The van der Waals surface area contributed by atoms with E-state index >= 15 is 0 Å². The van der Waals surface area contributed by atoms with Crippen molar-refractivity contribution in [2.24, 2.45) is 16.7 Å². The van der Waals surface area contributed by atoms with Crippen LogP contribution in [0.4, 0.5) is 0 Å². The van der Waals surface area contributed by atoms with E-state index in [0.29, 0.717) is 5.92 Å². The van der Waals surface area contributed by atoms with Crippen molar-refractivity contribution < 1.29 is 5.11 Å². The Kier molecular flexibility index (Phi) is 2.29. The van der Waals surface area contributed by atoms with Crippen LogP contribution in [0.1, 0.15) is 44.2 Å². The van der Waals surface area contributed by atoms with E-state index in [1.165, 1.54) is 5.56 Å². The molecule has 1 aliphatic rings. The predicted molar refractivity (Wildman–Crippen MR) is 65.1 cm³/mol. The van der Waals surface area contributed by atoms with E-state index < -0.39 is 0 Å². The second-order valence-electron chi connectivity index (χ2n) is 5.83. The molecule has 0 saturated heterocycles. The molecule has 1 nitrogen and oxygen atoms in total. The Morgan fingerprint density at radius 3 is 2.13 bits per heavy atom. The van der Waals surface area contributed by atoms with Gasteiger partial charge in [0.05, 0.1) is 6.10 Å². The van der Waals surface area contributed by atoms with E-state index in [1.807, 2.05) is 0 Å². The molecule has 0 aliphatic heterocycles. The van der Waals surface area contributed by atoms with Gasteiger partial charge in [0.15, 0.2) is 0 Å². The average molecular weight is 224 g/mol. The van der Waals surface area contributed by atoms with E-state index in [9.17, 15) is 5.11 Å². The van der Waals surface area contributed by atoms with Gasteiger partial charge in [0.25, 0.3) is 0 Å². The first kappa shape index (κ1) is 11.2. The number of aliphatic hydroxyl groups is 1. The molecule has 0 aromatic carbocycles. The Balaban J connectivity index is 2.26. The van der Waals surface area contributed by atoms with Gasteiger partial charge >= 0.3 is 0 Å². The molecule has 84 valence electrons. The summed E-state index contributed by atoms with van der Waals surface area (Å²) in [5, 5.41) is 12.5. The first-order valence-electron chi connectivity index (χ1n) is 5.52. The molecule has 1 N–H and O–H groups in total. The third kappa shape index (κ3) is 1.38. The van der Waals surface area contributed by atoms with Crippen molar-refractivity contribution in [3.63, 3.8) is 0 Å². The molecule has 1 atom stereocenters. The fourth-order valence-electron chi connectivity index (χ4n) is 2.88. The molecule has 2 rings (SSSR count). The molecule has 1 fully saturated rings. The summed E-state index contributed by atoms with van der Waals surface area (Å²) in [6.45, 7) is 11.1. The zero-order chi connectivity index (χ0) is 11.4. The topological polar surface area (TPSA) is 20.2 Å². The van der Waals surface area contributed by atoms with E-state index in [4.69, 9.17) is 0 Å². The molecule has 2 heteroatoms. The number of rotatable bonds is 2. The van der Waals surface area contributed by atoms with Crippen LogP contribution in [-0.4, -0.2) is 5.11 Å². The molecule has 1 aromatic rings. The Labute approximate surface area is 96.1 Å². The van der Waals surface area contributed by atoms with Gasteiger partial charge in [-0.2, -0.15) is 0 Å². The van der Waals surface area contributed by atoms with E-state index in [-0.39, 0.29) is 16.9 Å². The summed E-state index contributed by atoms with van der Waals surface area (Å²) in [4.78, 5) is 1.15. The van der Waals surface area contributed by atoms with Gasteiger partial charge in [0.2, 0.25) is 0 Å². The van der Waals surface area contributed by atoms with Crippen LogP contribution in [0.2, 0.25) is 0 Å². The smallest absolute Gasteiger partial charge is 0.0923 e. The molecule has 0 radical (unpaired) electrons. The molecule has 1 aromatic heterocycles. The fraction of sp³-hybridized carbons (Fsp3) is 0.692. The van der Waals surface area contributed by atoms with Crippen LogP contribution in [0.25, 0.3) is 0 Å². The number of thiophene rings is 1. The summed E-state index contributed by atoms with van der Waals surface area (Å²) in [5.74, 6) is 0.391. The summed E-state index contributed by atoms with van der Waals surface area (Å²) < 4.78 is 0. The standard InChI is InChI=1S/C13H20OS/c1-8-6-7-15-10(8)9(14)11-12(2,3)13(11,4)5/h6-7,9,11,14H,1-5H3. The van der Waals surface area contributed by atoms with Gasteiger partial charge in [-0.3, -0.25) is 0 Å². The molecule has 15 heavy (non-hydrogen) atoms. The van der Waals surface area contributed by atoms with Crippen LogP contribution >= 0.6 is 11.3 Å². The molecule has 1 saturated carbocycles. The van der Waals surface area contributed by atoms with Crippen molar-refractivity contribution in [3.05, 3.63) is 21.9 Å². The quantitative estimate of drug-likeness (QED) is 0.810. The zero-order valence-electron chi connectivity index (χ0n) is 10.2. The maximum Gasteiger partial charge on any atom is 0.0923 e. The number of hydrogen-bond acceptors (Lipinski definition) is 2. The lowest BCUT2D eigenvalue weighted by Gasteiger charge is -2.12. The summed E-state index contributed by atoms with van der Waals surface area (Å²) in [5.41, 5.74) is 1.73. The highest BCUT2D eigenvalue weighted by Gasteiger charge is 2.67. The van der Waals surface area contributed by atoms with Crippen molar-refractivity contribution in [2.75, 3.05) is 0 Å². The highest BCUT2D eigenvalue weighted by Crippen LogP contribution is 2.72. The van der Waals surface area contributed by atoms with Crippen LogP contribution in [-0.2, 0) is 0 Å². The zero-order valence-corrected chi connectivity index (χ0v) is 11.0. The first-order valence-corrected chi connectivity index (χ1v) is 6.40. The predicted octanol–water partition coefficient (Wildman–Crippen LogP) is 3.77. The van der Waals surface area contributed by atoms with Crippen LogP contribution in [0.5, 0.6) is 0 Å². The second-order valence-corrected chi connectivity index (χ2v) is 6.78. The third-order valence-electron chi connectivity index (χ3n) is 4.62. The monoisotopic (exact) mass is 224 g/mol. The minimum atomic E-state index is -0.282. The highest BCUT2D eigenvalue weighted by molar-refractivity contribution is 7.10. The third-order valence-corrected chi connectivity index (χ3v) is 5.71. The summed E-state index contributed by atoms with van der Waals surface area (Å²) >= 11 is 1.68. The largest absolute Gasteiger partial charge is 0.387 e.